The van der Waals surface area contributed by atoms with Gasteiger partial charge in [-0.25, -0.2) is 23.7 Å². The van der Waals surface area contributed by atoms with E-state index in [1.165, 1.54) is 12.1 Å². The Balaban J connectivity index is 1.48. The van der Waals surface area contributed by atoms with Crippen molar-refractivity contribution >= 4 is 33.8 Å². The van der Waals surface area contributed by atoms with E-state index in [9.17, 15) is 9.18 Å². The first-order chi connectivity index (χ1) is 16.6. The zero-order valence-electron chi connectivity index (χ0n) is 18.1. The fourth-order valence-corrected chi connectivity index (χ4v) is 4.05. The molecular weight excluding hydrogens is 437 g/mol. The smallest absolute Gasteiger partial charge is 0.374 e. The van der Waals surface area contributed by atoms with Gasteiger partial charge in [-0.05, 0) is 49.4 Å². The highest BCUT2D eigenvalue weighted by Gasteiger charge is 2.18. The summed E-state index contributed by atoms with van der Waals surface area (Å²) in [4.78, 5) is 21.4. The maximum Gasteiger partial charge on any atom is 0.374 e. The molecular formula is C25H18FN5O3. The zero-order chi connectivity index (χ0) is 23.2. The minimum Gasteiger partial charge on any atom is -0.460 e. The van der Waals surface area contributed by atoms with Crippen molar-refractivity contribution < 1.29 is 18.3 Å². The molecule has 34 heavy (non-hydrogen) atoms. The number of furan rings is 1. The third-order valence-electron chi connectivity index (χ3n) is 5.59. The Bertz CT molecular complexity index is 1680. The topological polar surface area (TPSA) is 87.5 Å². The zero-order valence-corrected chi connectivity index (χ0v) is 18.1. The largest absolute Gasteiger partial charge is 0.460 e. The third kappa shape index (κ3) is 3.29. The highest BCUT2D eigenvalue weighted by Crippen LogP contribution is 2.28. The second kappa shape index (κ2) is 7.80. The molecule has 0 amide bonds. The van der Waals surface area contributed by atoms with E-state index in [1.807, 2.05) is 28.8 Å². The summed E-state index contributed by atoms with van der Waals surface area (Å²) < 4.78 is 27.7. The van der Waals surface area contributed by atoms with Crippen molar-refractivity contribution in [2.45, 2.75) is 13.5 Å². The number of benzene rings is 2. The van der Waals surface area contributed by atoms with Crippen LogP contribution in [0.3, 0.4) is 0 Å². The van der Waals surface area contributed by atoms with Crippen LogP contribution in [0.15, 0.2) is 71.3 Å². The van der Waals surface area contributed by atoms with Gasteiger partial charge in [0, 0.05) is 10.9 Å². The van der Waals surface area contributed by atoms with Crippen LogP contribution >= 0.6 is 0 Å². The number of esters is 1. The Labute approximate surface area is 192 Å². The highest BCUT2D eigenvalue weighted by atomic mass is 19.1. The third-order valence-corrected chi connectivity index (χ3v) is 5.59. The van der Waals surface area contributed by atoms with E-state index in [1.54, 1.807) is 41.9 Å². The van der Waals surface area contributed by atoms with Crippen LogP contribution in [-0.4, -0.2) is 36.7 Å². The molecule has 8 nitrogen and oxygen atoms in total. The fraction of sp³-hybridized carbons (Fsp3) is 0.120. The number of halogens is 1. The molecule has 0 saturated heterocycles. The van der Waals surface area contributed by atoms with Crippen molar-refractivity contribution in [1.82, 2.24) is 24.1 Å². The van der Waals surface area contributed by atoms with Crippen molar-refractivity contribution in [3.05, 3.63) is 84.2 Å². The van der Waals surface area contributed by atoms with Gasteiger partial charge in [-0.2, -0.15) is 0 Å². The van der Waals surface area contributed by atoms with Crippen molar-refractivity contribution in [1.29, 1.82) is 0 Å². The Morgan fingerprint density at radius 3 is 2.71 bits per heavy atom. The van der Waals surface area contributed by atoms with Crippen molar-refractivity contribution in [3.8, 4) is 11.3 Å². The molecule has 4 aromatic heterocycles. The average Bonchev–Trinajstić information content (AvgIpc) is 3.55. The molecule has 9 heteroatoms. The fourth-order valence-electron chi connectivity index (χ4n) is 4.05. The minimum atomic E-state index is -0.496. The van der Waals surface area contributed by atoms with E-state index in [4.69, 9.17) is 19.2 Å². The number of ether oxygens (including phenoxy) is 1. The van der Waals surface area contributed by atoms with Crippen molar-refractivity contribution in [2.24, 2.45) is 0 Å². The van der Waals surface area contributed by atoms with Gasteiger partial charge in [0.25, 0.3) is 5.78 Å². The lowest BCUT2D eigenvalue weighted by Gasteiger charge is -2.04. The average molecular weight is 455 g/mol. The predicted octanol–water partition coefficient (Wildman–Crippen LogP) is 4.86. The number of hydrogen-bond donors (Lipinski definition) is 0. The monoisotopic (exact) mass is 455 g/mol. The van der Waals surface area contributed by atoms with Crippen LogP contribution in [0.2, 0.25) is 0 Å². The maximum atomic E-state index is 13.3. The Kier molecular flexibility index (Phi) is 4.61. The molecule has 0 radical (unpaired) electrons. The van der Waals surface area contributed by atoms with E-state index in [0.29, 0.717) is 34.9 Å². The number of hydrogen-bond acceptors (Lipinski definition) is 6. The molecule has 168 valence electrons. The predicted molar refractivity (Wildman–Crippen MR) is 123 cm³/mol. The first-order valence-corrected chi connectivity index (χ1v) is 10.8. The molecule has 0 fully saturated rings. The Hall–Kier alpha value is -4.53. The number of nitrogens with zero attached hydrogens (tertiary/aromatic N) is 5. The lowest BCUT2D eigenvalue weighted by molar-refractivity contribution is 0.0488. The molecule has 0 spiro atoms. The van der Waals surface area contributed by atoms with Gasteiger partial charge >= 0.3 is 5.97 Å². The summed E-state index contributed by atoms with van der Waals surface area (Å²) in [6, 6.07) is 17.3. The number of aromatic nitrogens is 5. The maximum absolute atomic E-state index is 13.3. The summed E-state index contributed by atoms with van der Waals surface area (Å²) in [6.45, 7) is 2.37. The lowest BCUT2D eigenvalue weighted by atomic mass is 10.2. The van der Waals surface area contributed by atoms with Crippen LogP contribution < -0.4 is 0 Å². The molecule has 2 aromatic carbocycles. The van der Waals surface area contributed by atoms with Crippen LogP contribution in [0.4, 0.5) is 4.39 Å². The quantitative estimate of drug-likeness (QED) is 0.345. The van der Waals surface area contributed by atoms with Crippen molar-refractivity contribution in [2.75, 3.05) is 6.61 Å². The normalized spacial score (nSPS) is 11.6. The molecule has 0 aliphatic heterocycles. The molecule has 6 rings (SSSR count). The molecule has 0 bridgehead atoms. The standard InChI is InChI=1S/C25H18FN5O3/c1-2-33-24(32)21-12-11-17(34-21)13-30-20-6-4-3-5-18(20)22-23(30)29-31-14-19(27-25(31)28-22)15-7-9-16(26)10-8-15/h3-12,14H,2,13H2,1H3. The molecule has 0 N–H and O–H groups in total. The number of carbonyl (C=O) groups excluding carboxylic acids is 1. The first kappa shape index (κ1) is 20.1. The molecule has 0 atom stereocenters. The molecule has 0 aliphatic rings. The van der Waals surface area contributed by atoms with E-state index >= 15 is 0 Å². The Morgan fingerprint density at radius 2 is 1.88 bits per heavy atom. The summed E-state index contributed by atoms with van der Waals surface area (Å²) in [5.41, 5.74) is 3.70. The first-order valence-electron chi connectivity index (χ1n) is 10.8. The van der Waals surface area contributed by atoms with Gasteiger partial charge in [-0.1, -0.05) is 18.2 Å². The summed E-state index contributed by atoms with van der Waals surface area (Å²) in [6.07, 6.45) is 1.77. The second-order valence-electron chi connectivity index (χ2n) is 7.75. The van der Waals surface area contributed by atoms with Gasteiger partial charge in [0.15, 0.2) is 5.65 Å². The van der Waals surface area contributed by atoms with E-state index in [2.05, 4.69) is 4.98 Å². The number of carbonyl (C=O) groups is 1. The molecule has 4 heterocycles. The van der Waals surface area contributed by atoms with E-state index in [-0.39, 0.29) is 18.2 Å². The summed E-state index contributed by atoms with van der Waals surface area (Å²) >= 11 is 0. The van der Waals surface area contributed by atoms with Gasteiger partial charge in [0.1, 0.15) is 17.1 Å². The van der Waals surface area contributed by atoms with Gasteiger partial charge in [-0.3, -0.25) is 0 Å². The summed E-state index contributed by atoms with van der Waals surface area (Å²) in [7, 11) is 0. The van der Waals surface area contributed by atoms with Gasteiger partial charge < -0.3 is 13.7 Å². The van der Waals surface area contributed by atoms with Crippen LogP contribution in [-0.2, 0) is 11.3 Å². The second-order valence-corrected chi connectivity index (χ2v) is 7.75. The van der Waals surface area contributed by atoms with Crippen molar-refractivity contribution in [3.63, 3.8) is 0 Å². The van der Waals surface area contributed by atoms with E-state index in [0.717, 1.165) is 16.5 Å². The summed E-state index contributed by atoms with van der Waals surface area (Å²) in [5.74, 6) is 0.385. The lowest BCUT2D eigenvalue weighted by Crippen LogP contribution is -2.04. The van der Waals surface area contributed by atoms with E-state index < -0.39 is 5.97 Å². The van der Waals surface area contributed by atoms with Crippen LogP contribution in [0.1, 0.15) is 23.2 Å². The van der Waals surface area contributed by atoms with Crippen LogP contribution in [0.5, 0.6) is 0 Å². The van der Waals surface area contributed by atoms with Crippen LogP contribution in [0, 0.1) is 5.82 Å². The SMILES string of the molecule is CCOC(=O)c1ccc(Cn2c3ccccc3c3nc4nc(-c5ccc(F)cc5)cn4nc32)o1. The molecule has 0 aliphatic carbocycles. The number of para-hydroxylation sites is 1. The van der Waals surface area contributed by atoms with Gasteiger partial charge in [-0.15, -0.1) is 5.10 Å². The van der Waals surface area contributed by atoms with Gasteiger partial charge in [0.2, 0.25) is 5.76 Å². The Morgan fingerprint density at radius 1 is 1.06 bits per heavy atom. The molecule has 6 aromatic rings. The minimum absolute atomic E-state index is 0.157. The number of imidazole rings is 1. The highest BCUT2D eigenvalue weighted by molar-refractivity contribution is 6.04. The molecule has 0 saturated carbocycles. The number of fused-ring (bicyclic) bond motifs is 4. The summed E-state index contributed by atoms with van der Waals surface area (Å²) in [5, 5.41) is 5.72. The van der Waals surface area contributed by atoms with Crippen LogP contribution in [0.25, 0.3) is 39.1 Å². The van der Waals surface area contributed by atoms with Gasteiger partial charge in [0.05, 0.1) is 30.6 Å². The number of rotatable bonds is 5. The molecule has 0 unspecified atom stereocenters.